The maximum absolute atomic E-state index is 2.31. The Labute approximate surface area is 120 Å². The molecule has 0 saturated carbocycles. The van der Waals surface area contributed by atoms with Gasteiger partial charge in [-0.25, -0.2) is 0 Å². The van der Waals surface area contributed by atoms with Crippen molar-refractivity contribution in [2.24, 2.45) is 0 Å². The van der Waals surface area contributed by atoms with E-state index >= 15 is 0 Å². The number of hydrogen-bond donors (Lipinski definition) is 0. The van der Waals surface area contributed by atoms with Gasteiger partial charge in [0.15, 0.2) is 0 Å². The Kier molecular flexibility index (Phi) is 2.90. The van der Waals surface area contributed by atoms with Crippen LogP contribution in [0.3, 0.4) is 0 Å². The first-order valence-corrected chi connectivity index (χ1v) is 8.28. The zero-order valence-corrected chi connectivity index (χ0v) is 12.1. The summed E-state index contributed by atoms with van der Waals surface area (Å²) in [5, 5.41) is 4.49. The van der Waals surface area contributed by atoms with Crippen LogP contribution >= 0.6 is 7.92 Å². The molecule has 3 aromatic carbocycles. The lowest BCUT2D eigenvalue weighted by Gasteiger charge is -2.29. The monoisotopic (exact) mass is 274 g/mol. The molecule has 0 atom stereocenters. The highest BCUT2D eigenvalue weighted by molar-refractivity contribution is 7.80. The van der Waals surface area contributed by atoms with Gasteiger partial charge in [0.25, 0.3) is 0 Å². The summed E-state index contributed by atoms with van der Waals surface area (Å²) >= 11 is 0. The molecule has 1 heterocycles. The van der Waals surface area contributed by atoms with E-state index in [1.807, 2.05) is 0 Å². The molecule has 1 heteroatoms. The fourth-order valence-corrected chi connectivity index (χ4v) is 5.59. The predicted molar refractivity (Wildman–Crippen MR) is 88.0 cm³/mol. The van der Waals surface area contributed by atoms with Crippen LogP contribution in [0.1, 0.15) is 11.1 Å². The van der Waals surface area contributed by atoms with Crippen molar-refractivity contribution in [3.05, 3.63) is 90.0 Å². The van der Waals surface area contributed by atoms with Gasteiger partial charge in [0.2, 0.25) is 0 Å². The van der Waals surface area contributed by atoms with Crippen LogP contribution in [0.25, 0.3) is 0 Å². The first-order chi connectivity index (χ1) is 9.93. The van der Waals surface area contributed by atoms with Gasteiger partial charge < -0.3 is 0 Å². The largest absolute Gasteiger partial charge is 0.0622 e. The number of fused-ring (bicyclic) bond motifs is 2. The molecule has 0 amide bonds. The molecule has 3 aromatic rings. The first-order valence-electron chi connectivity index (χ1n) is 6.94. The summed E-state index contributed by atoms with van der Waals surface area (Å²) in [6.45, 7) is 0. The third-order valence-electron chi connectivity index (χ3n) is 3.86. The second kappa shape index (κ2) is 4.89. The van der Waals surface area contributed by atoms with Crippen LogP contribution in [0.4, 0.5) is 0 Å². The Balaban J connectivity index is 1.98. The molecule has 1 aliphatic heterocycles. The second-order valence-corrected chi connectivity index (χ2v) is 7.26. The minimum atomic E-state index is -0.399. The highest BCUT2D eigenvalue weighted by Crippen LogP contribution is 2.39. The van der Waals surface area contributed by atoms with Gasteiger partial charge >= 0.3 is 0 Å². The van der Waals surface area contributed by atoms with Crippen molar-refractivity contribution in [3.8, 4) is 0 Å². The van der Waals surface area contributed by atoms with Crippen molar-refractivity contribution >= 4 is 23.8 Å². The van der Waals surface area contributed by atoms with E-state index in [0.717, 1.165) is 6.42 Å². The molecule has 1 aliphatic rings. The highest BCUT2D eigenvalue weighted by atomic mass is 31.1. The van der Waals surface area contributed by atoms with E-state index in [9.17, 15) is 0 Å². The Hall–Kier alpha value is -1.91. The lowest BCUT2D eigenvalue weighted by atomic mass is 10.0. The van der Waals surface area contributed by atoms with Crippen LogP contribution in [-0.4, -0.2) is 0 Å². The van der Waals surface area contributed by atoms with Gasteiger partial charge in [0.05, 0.1) is 0 Å². The predicted octanol–water partition coefficient (Wildman–Crippen LogP) is 3.35. The summed E-state index contributed by atoms with van der Waals surface area (Å²) in [7, 11) is -0.399. The van der Waals surface area contributed by atoms with Gasteiger partial charge in [-0.3, -0.25) is 0 Å². The minimum absolute atomic E-state index is 0.399. The molecule has 0 saturated heterocycles. The number of hydrogen-bond acceptors (Lipinski definition) is 0. The van der Waals surface area contributed by atoms with Crippen LogP contribution in [0, 0.1) is 0 Å². The van der Waals surface area contributed by atoms with Crippen molar-refractivity contribution in [1.29, 1.82) is 0 Å². The molecule has 20 heavy (non-hydrogen) atoms. The summed E-state index contributed by atoms with van der Waals surface area (Å²) in [5.74, 6) is 0. The van der Waals surface area contributed by atoms with Gasteiger partial charge in [-0.15, -0.1) is 0 Å². The number of benzene rings is 3. The average molecular weight is 274 g/mol. The summed E-state index contributed by atoms with van der Waals surface area (Å²) in [6.07, 6.45) is 1.07. The van der Waals surface area contributed by atoms with Gasteiger partial charge in [0.1, 0.15) is 0 Å². The molecule has 0 aromatic heterocycles. The highest BCUT2D eigenvalue weighted by Gasteiger charge is 2.25. The zero-order chi connectivity index (χ0) is 13.4. The quantitative estimate of drug-likeness (QED) is 0.467. The molecule has 0 fully saturated rings. The summed E-state index contributed by atoms with van der Waals surface area (Å²) in [6, 6.07) is 28.8. The fourth-order valence-electron chi connectivity index (χ4n) is 2.95. The second-order valence-electron chi connectivity index (χ2n) is 5.11. The third-order valence-corrected chi connectivity index (χ3v) is 6.51. The third kappa shape index (κ3) is 1.88. The average Bonchev–Trinajstić information content (AvgIpc) is 2.53. The maximum Gasteiger partial charge on any atom is -0.00126 e. The van der Waals surface area contributed by atoms with Crippen molar-refractivity contribution in [1.82, 2.24) is 0 Å². The molecular formula is C19H15P. The molecule has 0 aliphatic carbocycles. The standard InChI is InChI=1S/C19H15P/c1-2-10-17(11-3-1)20-18-12-6-4-8-15(18)14-16-9-5-7-13-19(16)20/h1-13H,14H2. The zero-order valence-electron chi connectivity index (χ0n) is 11.2. The fraction of sp³-hybridized carbons (Fsp3) is 0.0526. The summed E-state index contributed by atoms with van der Waals surface area (Å²) < 4.78 is 0. The normalized spacial score (nSPS) is 13.6. The van der Waals surface area contributed by atoms with E-state index in [1.54, 1.807) is 0 Å². The maximum atomic E-state index is 2.31. The molecule has 0 bridgehead atoms. The SMILES string of the molecule is c1ccc(P2c3ccccc3Cc3ccccc32)cc1. The summed E-state index contributed by atoms with van der Waals surface area (Å²) in [5.41, 5.74) is 2.97. The topological polar surface area (TPSA) is 0 Å². The Morgan fingerprint density at radius 1 is 0.550 bits per heavy atom. The van der Waals surface area contributed by atoms with Crippen molar-refractivity contribution in [3.63, 3.8) is 0 Å². The van der Waals surface area contributed by atoms with Gasteiger partial charge in [-0.1, -0.05) is 78.9 Å². The summed E-state index contributed by atoms with van der Waals surface area (Å²) in [4.78, 5) is 0. The first kappa shape index (κ1) is 11.9. The van der Waals surface area contributed by atoms with Crippen molar-refractivity contribution in [2.75, 3.05) is 0 Å². The Morgan fingerprint density at radius 2 is 1.05 bits per heavy atom. The Morgan fingerprint density at radius 3 is 1.65 bits per heavy atom. The number of rotatable bonds is 1. The van der Waals surface area contributed by atoms with Crippen LogP contribution in [0.5, 0.6) is 0 Å². The van der Waals surface area contributed by atoms with E-state index < -0.39 is 7.92 Å². The lowest BCUT2D eigenvalue weighted by Crippen LogP contribution is -2.30. The minimum Gasteiger partial charge on any atom is -0.0622 e. The van der Waals surface area contributed by atoms with Crippen LogP contribution in [0.2, 0.25) is 0 Å². The molecule has 0 nitrogen and oxygen atoms in total. The van der Waals surface area contributed by atoms with E-state index in [1.165, 1.54) is 27.0 Å². The van der Waals surface area contributed by atoms with Gasteiger partial charge in [-0.05, 0) is 41.4 Å². The smallest absolute Gasteiger partial charge is 0.00126 e. The van der Waals surface area contributed by atoms with Crippen molar-refractivity contribution < 1.29 is 0 Å². The van der Waals surface area contributed by atoms with Gasteiger partial charge in [-0.2, -0.15) is 0 Å². The van der Waals surface area contributed by atoms with Crippen molar-refractivity contribution in [2.45, 2.75) is 6.42 Å². The van der Waals surface area contributed by atoms with Gasteiger partial charge in [0, 0.05) is 0 Å². The van der Waals surface area contributed by atoms with Crippen LogP contribution < -0.4 is 15.9 Å². The van der Waals surface area contributed by atoms with Crippen LogP contribution in [-0.2, 0) is 6.42 Å². The Bertz CT molecular complexity index is 701. The lowest BCUT2D eigenvalue weighted by molar-refractivity contribution is 1.21. The molecule has 0 N–H and O–H groups in total. The molecule has 4 rings (SSSR count). The molecule has 0 unspecified atom stereocenters. The molecule has 0 spiro atoms. The molecular weight excluding hydrogens is 259 g/mol. The van der Waals surface area contributed by atoms with E-state index in [0.29, 0.717) is 0 Å². The van der Waals surface area contributed by atoms with E-state index in [-0.39, 0.29) is 0 Å². The molecule has 0 radical (unpaired) electrons. The van der Waals surface area contributed by atoms with Crippen LogP contribution in [0.15, 0.2) is 78.9 Å². The van der Waals surface area contributed by atoms with E-state index in [4.69, 9.17) is 0 Å². The molecule has 96 valence electrons. The van der Waals surface area contributed by atoms with E-state index in [2.05, 4.69) is 78.9 Å².